The summed E-state index contributed by atoms with van der Waals surface area (Å²) < 4.78 is 91.6. The van der Waals surface area contributed by atoms with Gasteiger partial charge in [0.15, 0.2) is 6.10 Å². The summed E-state index contributed by atoms with van der Waals surface area (Å²) in [5, 5.41) is 13.5. The zero-order chi connectivity index (χ0) is 32.5. The fourth-order valence-corrected chi connectivity index (χ4v) is 5.28. The van der Waals surface area contributed by atoms with Crippen molar-refractivity contribution in [1.82, 2.24) is 4.98 Å². The van der Waals surface area contributed by atoms with Crippen molar-refractivity contribution in [1.29, 1.82) is 0 Å². The van der Waals surface area contributed by atoms with Crippen molar-refractivity contribution in [3.8, 4) is 33.9 Å². The van der Waals surface area contributed by atoms with Crippen molar-refractivity contribution in [2.75, 3.05) is 14.2 Å². The van der Waals surface area contributed by atoms with E-state index in [0.717, 1.165) is 22.3 Å². The molecule has 0 fully saturated rings. The molecule has 0 aliphatic carbocycles. The van der Waals surface area contributed by atoms with Gasteiger partial charge in [0.05, 0.1) is 43.4 Å². The summed E-state index contributed by atoms with van der Waals surface area (Å²) in [6.45, 7) is 1.86. The van der Waals surface area contributed by atoms with Crippen LogP contribution in [-0.4, -0.2) is 30.0 Å². The molecule has 5 rings (SSSR count). The van der Waals surface area contributed by atoms with Gasteiger partial charge in [-0.05, 0) is 71.1 Å². The SMILES string of the molecule is COc1ccc(-c2cc(-c3ccc(CO)cc3C)ccc2OC)c(CC2=NO[C@H](c3cc(C(F)(F)F)cc(C(F)(F)F)c3)C2)n1. The Bertz CT molecular complexity index is 1720. The van der Waals surface area contributed by atoms with E-state index in [1.54, 1.807) is 12.1 Å². The van der Waals surface area contributed by atoms with Crippen molar-refractivity contribution < 1.29 is 45.8 Å². The molecule has 12 heteroatoms. The molecule has 0 saturated heterocycles. The highest BCUT2D eigenvalue weighted by molar-refractivity contribution is 5.90. The Morgan fingerprint density at radius 2 is 1.51 bits per heavy atom. The van der Waals surface area contributed by atoms with E-state index in [9.17, 15) is 31.4 Å². The van der Waals surface area contributed by atoms with E-state index in [4.69, 9.17) is 14.3 Å². The van der Waals surface area contributed by atoms with Gasteiger partial charge in [0.1, 0.15) is 5.75 Å². The summed E-state index contributed by atoms with van der Waals surface area (Å²) >= 11 is 0. The molecule has 1 N–H and O–H groups in total. The molecular weight excluding hydrogens is 602 g/mol. The predicted molar refractivity (Wildman–Crippen MR) is 155 cm³/mol. The molecule has 1 aliphatic rings. The number of pyridine rings is 1. The first-order valence-electron chi connectivity index (χ1n) is 13.7. The minimum atomic E-state index is -4.98. The standard InChI is InChI=1S/C33H28F6N2O4/c1-18-10-19(17-42)4-6-25(18)20-5-8-29(43-2)27(13-20)26-7-9-31(44-3)40-28(26)15-24-16-30(45-41-24)21-11-22(32(34,35)36)14-23(12-21)33(37,38)39/h4-14,30,42H,15-17H2,1-3H3/t30-/m0/s1. The number of alkyl halides is 6. The lowest BCUT2D eigenvalue weighted by Gasteiger charge is -2.17. The highest BCUT2D eigenvalue weighted by atomic mass is 19.4. The minimum absolute atomic E-state index is 0.0511. The Morgan fingerprint density at radius 3 is 2.11 bits per heavy atom. The van der Waals surface area contributed by atoms with Gasteiger partial charge in [-0.3, -0.25) is 0 Å². The van der Waals surface area contributed by atoms with Crippen LogP contribution in [0.1, 0.15) is 46.0 Å². The van der Waals surface area contributed by atoms with E-state index in [2.05, 4.69) is 10.1 Å². The molecule has 1 atom stereocenters. The van der Waals surface area contributed by atoms with E-state index < -0.39 is 29.6 Å². The van der Waals surface area contributed by atoms with Gasteiger partial charge in [-0.25, -0.2) is 4.98 Å². The van der Waals surface area contributed by atoms with Crippen molar-refractivity contribution in [3.63, 3.8) is 0 Å². The monoisotopic (exact) mass is 630 g/mol. The van der Waals surface area contributed by atoms with Crippen LogP contribution in [0.4, 0.5) is 26.3 Å². The molecule has 236 valence electrons. The Hall–Kier alpha value is -4.58. The molecule has 0 amide bonds. The van der Waals surface area contributed by atoms with E-state index >= 15 is 0 Å². The average molecular weight is 631 g/mol. The van der Waals surface area contributed by atoms with Crippen molar-refractivity contribution >= 4 is 5.71 Å². The summed E-state index contributed by atoms with van der Waals surface area (Å²) in [5.74, 6) is 0.839. The topological polar surface area (TPSA) is 73.2 Å². The number of rotatable bonds is 8. The summed E-state index contributed by atoms with van der Waals surface area (Å²) in [7, 11) is 2.98. The lowest BCUT2D eigenvalue weighted by Crippen LogP contribution is -2.13. The van der Waals surface area contributed by atoms with Crippen LogP contribution in [-0.2, 0) is 30.2 Å². The van der Waals surface area contributed by atoms with Crippen LogP contribution in [0.25, 0.3) is 22.3 Å². The molecule has 0 bridgehead atoms. The number of aryl methyl sites for hydroxylation is 1. The second kappa shape index (κ2) is 12.4. The van der Waals surface area contributed by atoms with Gasteiger partial charge in [0.2, 0.25) is 5.88 Å². The quantitative estimate of drug-likeness (QED) is 0.198. The Balaban J connectivity index is 1.49. The number of hydrogen-bond donors (Lipinski definition) is 1. The van der Waals surface area contributed by atoms with Crippen LogP contribution in [0, 0.1) is 6.92 Å². The van der Waals surface area contributed by atoms with Crippen LogP contribution in [0.15, 0.2) is 71.9 Å². The number of aromatic nitrogens is 1. The molecule has 0 radical (unpaired) electrons. The van der Waals surface area contributed by atoms with Gasteiger partial charge in [-0.15, -0.1) is 0 Å². The number of ether oxygens (including phenoxy) is 2. The maximum Gasteiger partial charge on any atom is 0.416 e. The van der Waals surface area contributed by atoms with Gasteiger partial charge in [0, 0.05) is 30.0 Å². The summed E-state index contributed by atoms with van der Waals surface area (Å²) in [5.41, 5.74) is 2.63. The van der Waals surface area contributed by atoms with E-state index in [1.807, 2.05) is 43.3 Å². The van der Waals surface area contributed by atoms with Gasteiger partial charge >= 0.3 is 12.4 Å². The number of halogens is 6. The van der Waals surface area contributed by atoms with Crippen molar-refractivity contribution in [3.05, 3.63) is 100 Å². The first kappa shape index (κ1) is 31.8. The van der Waals surface area contributed by atoms with Crippen LogP contribution in [0.2, 0.25) is 0 Å². The first-order chi connectivity index (χ1) is 21.3. The number of aliphatic hydroxyl groups is 1. The lowest BCUT2D eigenvalue weighted by atomic mass is 9.92. The first-order valence-corrected chi connectivity index (χ1v) is 13.7. The number of nitrogens with zero attached hydrogens (tertiary/aromatic N) is 2. The molecule has 45 heavy (non-hydrogen) atoms. The predicted octanol–water partition coefficient (Wildman–Crippen LogP) is 8.33. The molecule has 0 saturated carbocycles. The number of methoxy groups -OCH3 is 2. The van der Waals surface area contributed by atoms with Crippen molar-refractivity contribution in [2.45, 2.75) is 44.8 Å². The van der Waals surface area contributed by atoms with Crippen LogP contribution in [0.3, 0.4) is 0 Å². The van der Waals surface area contributed by atoms with Crippen molar-refractivity contribution in [2.24, 2.45) is 5.16 Å². The molecule has 2 heterocycles. The van der Waals surface area contributed by atoms with Gasteiger partial charge in [-0.1, -0.05) is 29.4 Å². The molecule has 0 unspecified atom stereocenters. The largest absolute Gasteiger partial charge is 0.496 e. The zero-order valence-corrected chi connectivity index (χ0v) is 24.4. The fraction of sp³-hybridized carbons (Fsp3) is 0.273. The van der Waals surface area contributed by atoms with Crippen LogP contribution in [0.5, 0.6) is 11.6 Å². The van der Waals surface area contributed by atoms with E-state index in [0.29, 0.717) is 46.3 Å². The second-order valence-corrected chi connectivity index (χ2v) is 10.5. The lowest BCUT2D eigenvalue weighted by molar-refractivity contribution is -0.143. The van der Waals surface area contributed by atoms with Gasteiger partial charge in [0.25, 0.3) is 0 Å². The average Bonchev–Trinajstić information content (AvgIpc) is 3.48. The second-order valence-electron chi connectivity index (χ2n) is 10.5. The third kappa shape index (κ3) is 6.90. The number of oxime groups is 1. The maximum absolute atomic E-state index is 13.4. The minimum Gasteiger partial charge on any atom is -0.496 e. The van der Waals surface area contributed by atoms with E-state index in [-0.39, 0.29) is 31.1 Å². The van der Waals surface area contributed by atoms with E-state index in [1.165, 1.54) is 14.2 Å². The zero-order valence-electron chi connectivity index (χ0n) is 24.4. The summed E-state index contributed by atoms with van der Waals surface area (Å²) in [6, 6.07) is 16.2. The van der Waals surface area contributed by atoms with Crippen LogP contribution < -0.4 is 9.47 Å². The molecule has 1 aromatic heterocycles. The molecule has 4 aromatic rings. The molecular formula is C33H28F6N2O4. The van der Waals surface area contributed by atoms with Gasteiger partial charge in [-0.2, -0.15) is 26.3 Å². The van der Waals surface area contributed by atoms with Gasteiger partial charge < -0.3 is 19.4 Å². The maximum atomic E-state index is 13.4. The highest BCUT2D eigenvalue weighted by Crippen LogP contribution is 2.41. The highest BCUT2D eigenvalue weighted by Gasteiger charge is 2.38. The third-order valence-electron chi connectivity index (χ3n) is 7.52. The summed E-state index contributed by atoms with van der Waals surface area (Å²) in [4.78, 5) is 9.97. The van der Waals surface area contributed by atoms with Crippen LogP contribution >= 0.6 is 0 Å². The number of benzene rings is 3. The molecule has 6 nitrogen and oxygen atoms in total. The molecule has 1 aliphatic heterocycles. The number of aliphatic hydroxyl groups excluding tert-OH is 1. The Kier molecular flexibility index (Phi) is 8.79. The molecule has 3 aromatic carbocycles. The Morgan fingerprint density at radius 1 is 0.822 bits per heavy atom. The smallest absolute Gasteiger partial charge is 0.416 e. The summed E-state index contributed by atoms with van der Waals surface area (Å²) in [6.07, 6.45) is -11.1. The number of hydrogen-bond acceptors (Lipinski definition) is 6. The Labute approximate surface area is 254 Å². The molecule has 0 spiro atoms. The normalized spacial score (nSPS) is 15.1. The fourth-order valence-electron chi connectivity index (χ4n) is 5.28. The third-order valence-corrected chi connectivity index (χ3v) is 7.52.